The van der Waals surface area contributed by atoms with Gasteiger partial charge in [-0.1, -0.05) is 32.0 Å². The SMILES string of the molecule is CC(C)CC1NC(=O)C(S(=O)Cc2cccc(C(F)(F)F)c2)=C1O. The summed E-state index contributed by atoms with van der Waals surface area (Å²) in [6.45, 7) is 3.83. The molecule has 2 N–H and O–H groups in total. The largest absolute Gasteiger partial charge is 0.509 e. The molecule has 4 nitrogen and oxygen atoms in total. The average molecular weight is 361 g/mol. The van der Waals surface area contributed by atoms with Gasteiger partial charge in [0, 0.05) is 0 Å². The molecule has 0 spiro atoms. The van der Waals surface area contributed by atoms with E-state index in [1.807, 2.05) is 13.8 Å². The molecule has 1 amide bonds. The van der Waals surface area contributed by atoms with Crippen LogP contribution in [0, 0.1) is 5.92 Å². The lowest BCUT2D eigenvalue weighted by Crippen LogP contribution is -2.30. The molecule has 1 heterocycles. The summed E-state index contributed by atoms with van der Waals surface area (Å²) in [7, 11) is -1.93. The topological polar surface area (TPSA) is 66.4 Å². The lowest BCUT2D eigenvalue weighted by atomic mass is 10.0. The Morgan fingerprint density at radius 3 is 2.58 bits per heavy atom. The zero-order valence-corrected chi connectivity index (χ0v) is 14.0. The summed E-state index contributed by atoms with van der Waals surface area (Å²) in [4.78, 5) is 11.7. The molecule has 132 valence electrons. The minimum atomic E-state index is -4.49. The van der Waals surface area contributed by atoms with E-state index in [2.05, 4.69) is 5.32 Å². The molecule has 2 unspecified atom stereocenters. The van der Waals surface area contributed by atoms with Crippen LogP contribution in [0.1, 0.15) is 31.4 Å². The molecule has 1 aliphatic heterocycles. The molecule has 1 aromatic carbocycles. The van der Waals surface area contributed by atoms with Gasteiger partial charge in [0.15, 0.2) is 0 Å². The van der Waals surface area contributed by atoms with Gasteiger partial charge in [-0.3, -0.25) is 9.00 Å². The fourth-order valence-electron chi connectivity index (χ4n) is 2.49. The summed E-state index contributed by atoms with van der Waals surface area (Å²) in [6.07, 6.45) is -4.01. The van der Waals surface area contributed by atoms with Crippen molar-refractivity contribution in [3.63, 3.8) is 0 Å². The first-order chi connectivity index (χ1) is 11.1. The van der Waals surface area contributed by atoms with Gasteiger partial charge in [0.1, 0.15) is 10.7 Å². The van der Waals surface area contributed by atoms with Crippen molar-refractivity contribution in [1.82, 2.24) is 5.32 Å². The van der Waals surface area contributed by atoms with Crippen molar-refractivity contribution in [2.45, 2.75) is 38.2 Å². The predicted octanol–water partition coefficient (Wildman–Crippen LogP) is 3.27. The molecule has 2 atom stereocenters. The van der Waals surface area contributed by atoms with Gasteiger partial charge in [-0.25, -0.2) is 0 Å². The summed E-state index contributed by atoms with van der Waals surface area (Å²) >= 11 is 0. The maximum Gasteiger partial charge on any atom is 0.416 e. The van der Waals surface area contributed by atoms with Crippen molar-refractivity contribution >= 4 is 16.7 Å². The van der Waals surface area contributed by atoms with E-state index in [-0.39, 0.29) is 27.9 Å². The lowest BCUT2D eigenvalue weighted by molar-refractivity contribution is -0.137. The van der Waals surface area contributed by atoms with Crippen molar-refractivity contribution in [2.75, 3.05) is 0 Å². The number of benzene rings is 1. The smallest absolute Gasteiger partial charge is 0.416 e. The Morgan fingerprint density at radius 1 is 1.33 bits per heavy atom. The lowest BCUT2D eigenvalue weighted by Gasteiger charge is -2.12. The Kier molecular flexibility index (Phi) is 5.37. The number of aliphatic hydroxyl groups is 1. The second-order valence-electron chi connectivity index (χ2n) is 6.06. The van der Waals surface area contributed by atoms with E-state index in [9.17, 15) is 27.3 Å². The summed E-state index contributed by atoms with van der Waals surface area (Å²) in [6, 6.07) is 3.85. The van der Waals surface area contributed by atoms with Crippen LogP contribution in [0.4, 0.5) is 13.2 Å². The van der Waals surface area contributed by atoms with Gasteiger partial charge in [-0.15, -0.1) is 0 Å². The number of halogens is 3. The Morgan fingerprint density at radius 2 is 2.00 bits per heavy atom. The second kappa shape index (κ2) is 6.96. The highest BCUT2D eigenvalue weighted by molar-refractivity contribution is 7.89. The second-order valence-corrected chi connectivity index (χ2v) is 7.45. The number of hydrogen-bond donors (Lipinski definition) is 2. The number of amides is 1. The van der Waals surface area contributed by atoms with E-state index in [1.54, 1.807) is 0 Å². The average Bonchev–Trinajstić information content (AvgIpc) is 2.72. The van der Waals surface area contributed by atoms with Crippen LogP contribution in [0.25, 0.3) is 0 Å². The van der Waals surface area contributed by atoms with Crippen LogP contribution >= 0.6 is 0 Å². The van der Waals surface area contributed by atoms with E-state index in [4.69, 9.17) is 0 Å². The van der Waals surface area contributed by atoms with Crippen LogP contribution < -0.4 is 5.32 Å². The summed E-state index contributed by atoms with van der Waals surface area (Å²) in [5, 5.41) is 12.7. The number of hydrogen-bond acceptors (Lipinski definition) is 3. The van der Waals surface area contributed by atoms with Crippen molar-refractivity contribution in [3.8, 4) is 0 Å². The van der Waals surface area contributed by atoms with Gasteiger partial charge in [0.05, 0.1) is 28.2 Å². The highest BCUT2D eigenvalue weighted by Gasteiger charge is 2.36. The molecule has 1 aliphatic rings. The molecule has 24 heavy (non-hydrogen) atoms. The van der Waals surface area contributed by atoms with E-state index >= 15 is 0 Å². The van der Waals surface area contributed by atoms with Crippen molar-refractivity contribution in [3.05, 3.63) is 46.1 Å². The number of alkyl halides is 3. The van der Waals surface area contributed by atoms with E-state index in [1.165, 1.54) is 12.1 Å². The minimum Gasteiger partial charge on any atom is -0.509 e. The first kappa shape index (κ1) is 18.5. The number of carbonyl (C=O) groups is 1. The third-order valence-electron chi connectivity index (χ3n) is 3.56. The fraction of sp³-hybridized carbons (Fsp3) is 0.438. The van der Waals surface area contributed by atoms with Crippen molar-refractivity contribution < 1.29 is 27.3 Å². The zero-order chi connectivity index (χ0) is 18.1. The summed E-state index contributed by atoms with van der Waals surface area (Å²) in [5.41, 5.74) is -0.660. The third kappa shape index (κ3) is 4.17. The Hall–Kier alpha value is -1.83. The number of nitrogens with one attached hydrogen (secondary N) is 1. The van der Waals surface area contributed by atoms with Crippen LogP contribution in [-0.4, -0.2) is 21.3 Å². The zero-order valence-electron chi connectivity index (χ0n) is 13.2. The van der Waals surface area contributed by atoms with Crippen LogP contribution in [0.2, 0.25) is 0 Å². The molecule has 2 rings (SSSR count). The van der Waals surface area contributed by atoms with Gasteiger partial charge < -0.3 is 10.4 Å². The van der Waals surface area contributed by atoms with E-state index in [0.717, 1.165) is 12.1 Å². The fourth-order valence-corrected chi connectivity index (χ4v) is 3.76. The first-order valence-electron chi connectivity index (χ1n) is 7.38. The number of aliphatic hydroxyl groups excluding tert-OH is 1. The van der Waals surface area contributed by atoms with Crippen LogP contribution in [0.5, 0.6) is 0 Å². The molecule has 0 saturated heterocycles. The molecule has 8 heteroatoms. The quantitative estimate of drug-likeness (QED) is 0.846. The molecule has 0 radical (unpaired) electrons. The van der Waals surface area contributed by atoms with Gasteiger partial charge in [0.25, 0.3) is 5.91 Å². The highest BCUT2D eigenvalue weighted by atomic mass is 32.2. The minimum absolute atomic E-state index is 0.184. The Bertz CT molecular complexity index is 698. The first-order valence-corrected chi connectivity index (χ1v) is 8.70. The van der Waals surface area contributed by atoms with Crippen molar-refractivity contribution in [2.24, 2.45) is 5.92 Å². The summed E-state index contributed by atoms with van der Waals surface area (Å²) < 4.78 is 50.5. The molecule has 0 fully saturated rings. The molecule has 0 aliphatic carbocycles. The molecule has 0 saturated carbocycles. The third-order valence-corrected chi connectivity index (χ3v) is 5.01. The van der Waals surface area contributed by atoms with E-state index in [0.29, 0.717) is 6.42 Å². The highest BCUT2D eigenvalue weighted by Crippen LogP contribution is 2.30. The van der Waals surface area contributed by atoms with Crippen LogP contribution in [-0.2, 0) is 27.5 Å². The standard InChI is InChI=1S/C16H18F3NO3S/c1-9(2)6-12-13(21)14(15(22)20-12)24(23)8-10-4-3-5-11(7-10)16(17,18)19/h3-5,7,9,12,21H,6,8H2,1-2H3,(H,20,22). The Balaban J connectivity index is 2.20. The van der Waals surface area contributed by atoms with Crippen molar-refractivity contribution in [1.29, 1.82) is 0 Å². The molecular formula is C16H18F3NO3S. The van der Waals surface area contributed by atoms with Gasteiger partial charge in [-0.2, -0.15) is 13.2 Å². The Labute approximate surface area is 140 Å². The van der Waals surface area contributed by atoms with Gasteiger partial charge in [0.2, 0.25) is 0 Å². The maximum atomic E-state index is 12.7. The molecule has 0 bridgehead atoms. The van der Waals surface area contributed by atoms with Crippen LogP contribution in [0.15, 0.2) is 34.9 Å². The molecule has 1 aromatic rings. The number of carbonyl (C=O) groups excluding carboxylic acids is 1. The normalized spacial score (nSPS) is 19.8. The summed E-state index contributed by atoms with van der Waals surface area (Å²) in [5.74, 6) is -0.985. The van der Waals surface area contributed by atoms with Gasteiger partial charge >= 0.3 is 6.18 Å². The predicted molar refractivity (Wildman–Crippen MR) is 84.3 cm³/mol. The van der Waals surface area contributed by atoms with E-state index < -0.39 is 34.5 Å². The number of rotatable bonds is 5. The monoisotopic (exact) mass is 361 g/mol. The van der Waals surface area contributed by atoms with Gasteiger partial charge in [-0.05, 0) is 24.0 Å². The van der Waals surface area contributed by atoms with Crippen LogP contribution in [0.3, 0.4) is 0 Å². The molecule has 0 aromatic heterocycles. The maximum absolute atomic E-state index is 12.7. The molecular weight excluding hydrogens is 343 g/mol.